The smallest absolute Gasteiger partial charge is 0.0708 e. The molecule has 0 spiro atoms. The van der Waals surface area contributed by atoms with Crippen LogP contribution in [0.4, 0.5) is 0 Å². The topological polar surface area (TPSA) is 37.8 Å². The van der Waals surface area contributed by atoms with Crippen molar-refractivity contribution < 1.29 is 0 Å². The molecule has 2 heterocycles. The van der Waals surface area contributed by atoms with E-state index in [4.69, 9.17) is 0 Å². The van der Waals surface area contributed by atoms with Gasteiger partial charge in [0.05, 0.1) is 11.2 Å². The zero-order chi connectivity index (χ0) is 13.8. The summed E-state index contributed by atoms with van der Waals surface area (Å²) in [5.41, 5.74) is 4.45. The van der Waals surface area contributed by atoms with Gasteiger partial charge in [0.25, 0.3) is 0 Å². The van der Waals surface area contributed by atoms with Crippen molar-refractivity contribution in [1.29, 1.82) is 0 Å². The first-order chi connectivity index (χ1) is 9.83. The molecule has 0 bridgehead atoms. The summed E-state index contributed by atoms with van der Waals surface area (Å²) in [7, 11) is 0. The first-order valence-corrected chi connectivity index (χ1v) is 6.79. The lowest BCUT2D eigenvalue weighted by atomic mass is 10.1. The molecular formula is C17H17N3. The molecular weight excluding hydrogens is 246 g/mol. The van der Waals surface area contributed by atoms with Crippen LogP contribution >= 0.6 is 0 Å². The minimum Gasteiger partial charge on any atom is -0.307 e. The summed E-state index contributed by atoms with van der Waals surface area (Å²) >= 11 is 0. The van der Waals surface area contributed by atoms with E-state index in [2.05, 4.69) is 39.6 Å². The molecule has 0 amide bonds. The van der Waals surface area contributed by atoms with E-state index in [9.17, 15) is 0 Å². The Morgan fingerprint density at radius 1 is 1.00 bits per heavy atom. The van der Waals surface area contributed by atoms with Crippen LogP contribution in [0, 0.1) is 6.92 Å². The number of pyridine rings is 2. The van der Waals surface area contributed by atoms with Gasteiger partial charge in [-0.25, -0.2) is 0 Å². The molecule has 20 heavy (non-hydrogen) atoms. The molecule has 1 aromatic carbocycles. The second-order valence-electron chi connectivity index (χ2n) is 4.86. The fourth-order valence-corrected chi connectivity index (χ4v) is 2.37. The highest BCUT2D eigenvalue weighted by atomic mass is 14.9. The van der Waals surface area contributed by atoms with Crippen LogP contribution in [0.1, 0.15) is 17.0 Å². The molecule has 0 aliphatic heterocycles. The molecule has 100 valence electrons. The lowest BCUT2D eigenvalue weighted by molar-refractivity contribution is 0.682. The van der Waals surface area contributed by atoms with Gasteiger partial charge in [-0.2, -0.15) is 0 Å². The highest BCUT2D eigenvalue weighted by Gasteiger charge is 2.03. The third-order valence-electron chi connectivity index (χ3n) is 3.28. The van der Waals surface area contributed by atoms with E-state index in [1.807, 2.05) is 37.4 Å². The lowest BCUT2D eigenvalue weighted by Gasteiger charge is -2.09. The number of nitrogens with zero attached hydrogens (tertiary/aromatic N) is 2. The van der Waals surface area contributed by atoms with Crippen molar-refractivity contribution in [2.45, 2.75) is 20.0 Å². The largest absolute Gasteiger partial charge is 0.307 e. The van der Waals surface area contributed by atoms with Crippen molar-refractivity contribution in [3.05, 3.63) is 71.7 Å². The third-order valence-corrected chi connectivity index (χ3v) is 3.28. The van der Waals surface area contributed by atoms with Crippen LogP contribution in [0.5, 0.6) is 0 Å². The van der Waals surface area contributed by atoms with Gasteiger partial charge in [-0.15, -0.1) is 0 Å². The predicted molar refractivity (Wildman–Crippen MR) is 81.3 cm³/mol. The molecule has 3 heteroatoms. The third kappa shape index (κ3) is 2.83. The molecule has 3 rings (SSSR count). The van der Waals surface area contributed by atoms with Gasteiger partial charge in [0, 0.05) is 30.4 Å². The Balaban J connectivity index is 1.77. The first-order valence-electron chi connectivity index (χ1n) is 6.79. The number of para-hydroxylation sites is 1. The van der Waals surface area contributed by atoms with Gasteiger partial charge in [0.2, 0.25) is 0 Å². The van der Waals surface area contributed by atoms with E-state index in [1.165, 1.54) is 10.9 Å². The van der Waals surface area contributed by atoms with Crippen LogP contribution in [0.2, 0.25) is 0 Å². The molecule has 0 radical (unpaired) electrons. The summed E-state index contributed by atoms with van der Waals surface area (Å²) < 4.78 is 0. The second kappa shape index (κ2) is 5.80. The van der Waals surface area contributed by atoms with Crippen LogP contribution in [-0.4, -0.2) is 9.97 Å². The van der Waals surface area contributed by atoms with E-state index < -0.39 is 0 Å². The van der Waals surface area contributed by atoms with Gasteiger partial charge in [0.1, 0.15) is 0 Å². The van der Waals surface area contributed by atoms with Gasteiger partial charge >= 0.3 is 0 Å². The normalized spacial score (nSPS) is 10.8. The number of hydrogen-bond acceptors (Lipinski definition) is 3. The van der Waals surface area contributed by atoms with Gasteiger partial charge in [0.15, 0.2) is 0 Å². The Bertz CT molecular complexity index is 708. The zero-order valence-corrected chi connectivity index (χ0v) is 11.5. The summed E-state index contributed by atoms with van der Waals surface area (Å²) in [6.45, 7) is 3.63. The second-order valence-corrected chi connectivity index (χ2v) is 4.86. The Kier molecular flexibility index (Phi) is 3.70. The first kappa shape index (κ1) is 12.8. The Morgan fingerprint density at radius 2 is 1.85 bits per heavy atom. The van der Waals surface area contributed by atoms with Crippen molar-refractivity contribution in [1.82, 2.24) is 15.3 Å². The standard InChI is InChI=1S/C17H17N3/c1-13-10-14(16-7-2-3-8-17(16)20-13)11-18-12-15-6-4-5-9-19-15/h2-10,18H,11-12H2,1H3. The van der Waals surface area contributed by atoms with Crippen LogP contribution in [0.25, 0.3) is 10.9 Å². The summed E-state index contributed by atoms with van der Waals surface area (Å²) in [5, 5.41) is 4.66. The maximum atomic E-state index is 4.56. The molecule has 0 saturated heterocycles. The number of hydrogen-bond donors (Lipinski definition) is 1. The average Bonchev–Trinajstić information content (AvgIpc) is 2.48. The van der Waals surface area contributed by atoms with Crippen molar-refractivity contribution in [3.63, 3.8) is 0 Å². The van der Waals surface area contributed by atoms with Crippen LogP contribution < -0.4 is 5.32 Å². The molecule has 2 aromatic heterocycles. The number of rotatable bonds is 4. The zero-order valence-electron chi connectivity index (χ0n) is 11.5. The maximum Gasteiger partial charge on any atom is 0.0708 e. The van der Waals surface area contributed by atoms with E-state index in [1.54, 1.807) is 0 Å². The monoisotopic (exact) mass is 263 g/mol. The molecule has 0 aliphatic carbocycles. The minimum atomic E-state index is 0.774. The van der Waals surface area contributed by atoms with Crippen molar-refractivity contribution in [3.8, 4) is 0 Å². The number of benzene rings is 1. The SMILES string of the molecule is Cc1cc(CNCc2ccccn2)c2ccccc2n1. The molecule has 0 saturated carbocycles. The summed E-state index contributed by atoms with van der Waals surface area (Å²) in [6.07, 6.45) is 1.82. The van der Waals surface area contributed by atoms with Gasteiger partial charge in [-0.3, -0.25) is 9.97 Å². The van der Waals surface area contributed by atoms with Crippen LogP contribution in [-0.2, 0) is 13.1 Å². The highest BCUT2D eigenvalue weighted by molar-refractivity contribution is 5.82. The van der Waals surface area contributed by atoms with Gasteiger partial charge in [-0.05, 0) is 36.8 Å². The molecule has 3 aromatic rings. The van der Waals surface area contributed by atoms with Crippen LogP contribution in [0.3, 0.4) is 0 Å². The van der Waals surface area contributed by atoms with Gasteiger partial charge < -0.3 is 5.32 Å². The number of nitrogens with one attached hydrogen (secondary N) is 1. The Labute approximate surface area is 118 Å². The van der Waals surface area contributed by atoms with Crippen LogP contribution in [0.15, 0.2) is 54.7 Å². The molecule has 0 fully saturated rings. The fraction of sp³-hybridized carbons (Fsp3) is 0.176. The van der Waals surface area contributed by atoms with Gasteiger partial charge in [-0.1, -0.05) is 24.3 Å². The van der Waals surface area contributed by atoms with E-state index in [0.717, 1.165) is 30.0 Å². The Morgan fingerprint density at radius 3 is 2.70 bits per heavy atom. The summed E-state index contributed by atoms with van der Waals surface area (Å²) in [6, 6.07) is 16.4. The quantitative estimate of drug-likeness (QED) is 0.785. The summed E-state index contributed by atoms with van der Waals surface area (Å²) in [4.78, 5) is 8.88. The van der Waals surface area contributed by atoms with E-state index >= 15 is 0 Å². The number of fused-ring (bicyclic) bond motifs is 1. The van der Waals surface area contributed by atoms with Crippen molar-refractivity contribution in [2.24, 2.45) is 0 Å². The maximum absolute atomic E-state index is 4.56. The number of aromatic nitrogens is 2. The molecule has 1 N–H and O–H groups in total. The number of aryl methyl sites for hydroxylation is 1. The molecule has 0 atom stereocenters. The van der Waals surface area contributed by atoms with Crippen molar-refractivity contribution in [2.75, 3.05) is 0 Å². The average molecular weight is 263 g/mol. The predicted octanol–water partition coefficient (Wildman–Crippen LogP) is 3.23. The molecule has 0 unspecified atom stereocenters. The van der Waals surface area contributed by atoms with E-state index in [-0.39, 0.29) is 0 Å². The van der Waals surface area contributed by atoms with E-state index in [0.29, 0.717) is 0 Å². The molecule has 0 aliphatic rings. The minimum absolute atomic E-state index is 0.774. The highest BCUT2D eigenvalue weighted by Crippen LogP contribution is 2.18. The Hall–Kier alpha value is -2.26. The lowest BCUT2D eigenvalue weighted by Crippen LogP contribution is -2.14. The fourth-order valence-electron chi connectivity index (χ4n) is 2.37. The summed E-state index contributed by atoms with van der Waals surface area (Å²) in [5.74, 6) is 0. The molecule has 3 nitrogen and oxygen atoms in total. The van der Waals surface area contributed by atoms with Crippen molar-refractivity contribution >= 4 is 10.9 Å².